The third-order valence-electron chi connectivity index (χ3n) is 17.8. The molecule has 7 heterocycles. The van der Waals surface area contributed by atoms with Gasteiger partial charge in [-0.1, -0.05) is 0 Å². The first-order valence-corrected chi connectivity index (χ1v) is 31.9. The summed E-state index contributed by atoms with van der Waals surface area (Å²) in [7, 11) is 0. The predicted molar refractivity (Wildman–Crippen MR) is 312 cm³/mol. The van der Waals surface area contributed by atoms with Gasteiger partial charge in [-0.15, -0.1) is 0 Å². The molecule has 0 saturated carbocycles. The van der Waals surface area contributed by atoms with Crippen molar-refractivity contribution in [2.45, 2.75) is 274 Å². The van der Waals surface area contributed by atoms with E-state index in [1.165, 1.54) is 6.92 Å². The lowest BCUT2D eigenvalue weighted by molar-refractivity contribution is -0.395. The van der Waals surface area contributed by atoms with Crippen LogP contribution in [0.25, 0.3) is 0 Å². The Morgan fingerprint density at radius 3 is 1.24 bits per heavy atom. The van der Waals surface area contributed by atoms with Crippen LogP contribution in [0.4, 0.5) is 0 Å². The van der Waals surface area contributed by atoms with Crippen LogP contribution in [0, 0.1) is 0 Å². The number of rotatable bonds is 29. The molecular formula is C56H96N4O40. The first kappa shape index (κ1) is 83.7. The Morgan fingerprint density at radius 2 is 0.780 bits per heavy atom. The molecule has 0 aromatic heterocycles. The van der Waals surface area contributed by atoms with Crippen molar-refractivity contribution in [1.29, 1.82) is 0 Å². The molecule has 44 heteroatoms. The van der Waals surface area contributed by atoms with E-state index >= 15 is 0 Å². The minimum absolute atomic E-state index is 0.827. The van der Waals surface area contributed by atoms with Gasteiger partial charge in [-0.25, -0.2) is 0 Å². The van der Waals surface area contributed by atoms with E-state index in [9.17, 15) is 132 Å². The molecule has 0 radical (unpaired) electrons. The Balaban J connectivity index is 1.25. The third kappa shape index (κ3) is 19.3. The van der Waals surface area contributed by atoms with Gasteiger partial charge in [0, 0.05) is 27.7 Å². The zero-order valence-corrected chi connectivity index (χ0v) is 54.4. The van der Waals surface area contributed by atoms with E-state index in [0.29, 0.717) is 0 Å². The molecular weight excluding hydrogens is 1370 g/mol. The summed E-state index contributed by atoms with van der Waals surface area (Å²) in [5.41, 5.74) is 0. The van der Waals surface area contributed by atoms with Crippen molar-refractivity contribution < 1.29 is 198 Å². The van der Waals surface area contributed by atoms with Crippen molar-refractivity contribution in [1.82, 2.24) is 21.3 Å². The van der Waals surface area contributed by atoms with Gasteiger partial charge in [0.15, 0.2) is 44.0 Å². The van der Waals surface area contributed by atoms with Gasteiger partial charge >= 0.3 is 0 Å². The van der Waals surface area contributed by atoms with Gasteiger partial charge in [0.25, 0.3) is 0 Å². The van der Waals surface area contributed by atoms with Crippen molar-refractivity contribution in [2.75, 3.05) is 52.9 Å². The maximum absolute atomic E-state index is 13.1. The monoisotopic (exact) mass is 1460 g/mol. The SMILES string of the molecule is CC(=O)N[C@H]1[C@H](O[C@@H]([C@H](O)[C@H](CO)NC(C)=O)[C@H](O)CO[C@@H]2O[C@@H](C)[C@@H](O)[C@@H](O)[C@@H]2O)O[C@H](CO)[C@@H](O[C@@H]2O[C@H](CO[C@H]3O[C@H](CO)[C@@H](O)[C@H](O)[C@@H]3O[C@@H]3O[C@H](CO)[C@@H](O)[C@H](O)[C@H]3NC(C)=O)[C@@H](O)[C@H](O[C@H]3O[C@H](CO)[C@@H](O)[C@H](O)[C@@H]3O[C@@H]3O[C@H](CO)[C@@H](O)[C@H](O)[C@H]3NC(C)=O)[C@@H]2O)[C@@H]1O. The Hall–Kier alpha value is -3.56. The molecule has 0 bridgehead atoms. The Bertz CT molecular complexity index is 2570. The Labute approximate surface area is 568 Å². The minimum Gasteiger partial charge on any atom is -0.394 e. The number of hydrogen-bond donors (Lipinski definition) is 26. The smallest absolute Gasteiger partial charge is 0.217 e. The largest absolute Gasteiger partial charge is 0.394 e. The summed E-state index contributed by atoms with van der Waals surface area (Å²) in [5.74, 6) is -3.50. The summed E-state index contributed by atoms with van der Waals surface area (Å²) in [6.45, 7) is -3.36. The number of ether oxygens (including phenoxy) is 14. The van der Waals surface area contributed by atoms with Gasteiger partial charge in [-0.3, -0.25) is 19.2 Å². The zero-order chi connectivity index (χ0) is 74.2. The van der Waals surface area contributed by atoms with Gasteiger partial charge in [-0.05, 0) is 6.92 Å². The number of carbonyl (C=O) groups is 4. The van der Waals surface area contributed by atoms with Gasteiger partial charge in [0.2, 0.25) is 23.6 Å². The lowest BCUT2D eigenvalue weighted by Gasteiger charge is -2.50. The van der Waals surface area contributed by atoms with Crippen LogP contribution in [-0.4, -0.2) is 428 Å². The molecule has 7 rings (SSSR count). The highest BCUT2D eigenvalue weighted by Gasteiger charge is 2.59. The van der Waals surface area contributed by atoms with Crippen molar-refractivity contribution in [3.8, 4) is 0 Å². The minimum atomic E-state index is -2.52. The number of aliphatic hydroxyl groups excluding tert-OH is 22. The molecule has 0 aromatic carbocycles. The van der Waals surface area contributed by atoms with Crippen LogP contribution in [0.1, 0.15) is 34.6 Å². The molecule has 580 valence electrons. The van der Waals surface area contributed by atoms with Crippen molar-refractivity contribution in [2.24, 2.45) is 0 Å². The first-order valence-electron chi connectivity index (χ1n) is 31.9. The summed E-state index contributed by atoms with van der Waals surface area (Å²) in [4.78, 5) is 50.1. The molecule has 7 saturated heterocycles. The van der Waals surface area contributed by atoms with Crippen LogP contribution in [0.2, 0.25) is 0 Å². The molecule has 7 aliphatic heterocycles. The number of aliphatic hydroxyl groups is 22. The van der Waals surface area contributed by atoms with Crippen LogP contribution in [0.15, 0.2) is 0 Å². The van der Waals surface area contributed by atoms with Crippen LogP contribution in [0.5, 0.6) is 0 Å². The molecule has 44 nitrogen and oxygen atoms in total. The molecule has 4 amide bonds. The lowest BCUT2D eigenvalue weighted by Crippen LogP contribution is -2.70. The first-order chi connectivity index (χ1) is 47.2. The fourth-order valence-electron chi connectivity index (χ4n) is 12.4. The summed E-state index contributed by atoms with van der Waals surface area (Å²) in [5, 5.41) is 252. The van der Waals surface area contributed by atoms with Crippen LogP contribution >= 0.6 is 0 Å². The summed E-state index contributed by atoms with van der Waals surface area (Å²) >= 11 is 0. The zero-order valence-electron chi connectivity index (χ0n) is 54.4. The lowest BCUT2D eigenvalue weighted by atomic mass is 9.94. The van der Waals surface area contributed by atoms with E-state index in [1.54, 1.807) is 0 Å². The van der Waals surface area contributed by atoms with Gasteiger partial charge in [0.05, 0.1) is 65.0 Å². The van der Waals surface area contributed by atoms with Gasteiger partial charge in [-0.2, -0.15) is 0 Å². The summed E-state index contributed by atoms with van der Waals surface area (Å²) < 4.78 is 82.5. The molecule has 7 fully saturated rings. The van der Waals surface area contributed by atoms with Crippen molar-refractivity contribution in [3.63, 3.8) is 0 Å². The molecule has 100 heavy (non-hydrogen) atoms. The molecule has 39 atom stereocenters. The quantitative estimate of drug-likeness (QED) is 0.0331. The molecule has 7 aliphatic rings. The third-order valence-corrected chi connectivity index (χ3v) is 17.8. The van der Waals surface area contributed by atoms with Crippen LogP contribution in [0.3, 0.4) is 0 Å². The Kier molecular flexibility index (Phi) is 31.1. The van der Waals surface area contributed by atoms with E-state index in [1.807, 2.05) is 0 Å². The summed E-state index contributed by atoms with van der Waals surface area (Å²) in [6, 6.07) is -7.18. The second-order valence-electron chi connectivity index (χ2n) is 25.1. The average Bonchev–Trinajstić information content (AvgIpc) is 0.775. The topological polar surface area (TPSA) is 691 Å². The highest BCUT2D eigenvalue weighted by Crippen LogP contribution is 2.38. The highest BCUT2D eigenvalue weighted by atomic mass is 16.8. The van der Waals surface area contributed by atoms with Crippen molar-refractivity contribution >= 4 is 23.6 Å². The Morgan fingerprint density at radius 1 is 0.370 bits per heavy atom. The molecule has 0 aromatic rings. The second-order valence-corrected chi connectivity index (χ2v) is 25.1. The number of nitrogens with one attached hydrogen (secondary N) is 4. The summed E-state index contributed by atoms with van der Waals surface area (Å²) in [6.07, 6.45) is -71.2. The van der Waals surface area contributed by atoms with Gasteiger partial charge < -0.3 is 200 Å². The van der Waals surface area contributed by atoms with Crippen molar-refractivity contribution in [3.05, 3.63) is 0 Å². The fourth-order valence-corrected chi connectivity index (χ4v) is 12.4. The van der Waals surface area contributed by atoms with E-state index in [2.05, 4.69) is 21.3 Å². The fraction of sp³-hybridized carbons (Fsp3) is 0.929. The second kappa shape index (κ2) is 37.1. The standard InChI is InChI=1S/C56H96N4O40/c1-14-30(72)40(82)43(85)53(89-14)87-12-20(71)45(31(73)19(6-61)57-15(2)67)96-52-29(60-18(5)70)39(81)46(25(11-66)94-52)97-54-44(86)47(98-56-49(42(84)35(77)24(10-65)93-56)100-51-28(59-17(4)69)38(80)33(75)22(8-63)91-51)36(78)26(95-54)13-88-55-48(41(83)34(76)23(9-64)92-55)99-50-27(58-16(3)68)37(79)32(74)21(7-62)90-50/h14,19-56,61-66,71-86H,6-13H2,1-5H3,(H,57,67)(H,58,68)(H,59,69)(H,60,70)/t14-,19-,20+,21+,22+,23+,24+,25+,26+,27+,28+,29+,30+,31+,32+,33+,34+,35+,36+,37+,38+,39+,40+,41-,42-,43-,44-,45+,46+,47-,48-,49-,50-,51-,52-,53+,54-,55-,56+/m0/s1. The van der Waals surface area contributed by atoms with E-state index in [-0.39, 0.29) is 0 Å². The average molecular weight is 1470 g/mol. The molecule has 0 spiro atoms. The molecule has 0 unspecified atom stereocenters. The predicted octanol–water partition coefficient (Wildman–Crippen LogP) is -17.2. The maximum Gasteiger partial charge on any atom is 0.217 e. The van der Waals surface area contributed by atoms with Gasteiger partial charge in [0.1, 0.15) is 183 Å². The van der Waals surface area contributed by atoms with E-state index in [0.717, 1.165) is 27.7 Å². The number of amides is 4. The number of hydrogen-bond acceptors (Lipinski definition) is 40. The molecule has 26 N–H and O–H groups in total. The van der Waals surface area contributed by atoms with Crippen LogP contribution < -0.4 is 21.3 Å². The molecule has 0 aliphatic carbocycles. The highest BCUT2D eigenvalue weighted by molar-refractivity contribution is 5.74. The normalized spacial score (nSPS) is 45.4. The number of carbonyl (C=O) groups excluding carboxylic acids is 4. The maximum atomic E-state index is 13.1. The van der Waals surface area contributed by atoms with Crippen LogP contribution in [-0.2, 0) is 85.5 Å². The van der Waals surface area contributed by atoms with E-state index in [4.69, 9.17) is 66.3 Å². The van der Waals surface area contributed by atoms with E-state index < -0.39 is 316 Å².